The number of nitrogens with zero attached hydrogens (tertiary/aromatic N) is 2. The van der Waals surface area contributed by atoms with E-state index in [9.17, 15) is 18.0 Å². The molecule has 9 nitrogen and oxygen atoms in total. The highest BCUT2D eigenvalue weighted by molar-refractivity contribution is 9.10. The molecule has 0 bridgehead atoms. The Kier molecular flexibility index (Phi) is 5.69. The summed E-state index contributed by atoms with van der Waals surface area (Å²) in [5.74, 6) is -1.20. The van der Waals surface area contributed by atoms with Crippen LogP contribution >= 0.6 is 15.9 Å². The van der Waals surface area contributed by atoms with Crippen LogP contribution in [0.25, 0.3) is 0 Å². The predicted octanol–water partition coefficient (Wildman–Crippen LogP) is 0.694. The molecule has 0 aromatic heterocycles. The standard InChI is InChI=1S/C19H24BrN3O6S/c1-2-28-17(25)19-13-22(30(26,27)15-5-3-14(20)4-6-15)11-16(24)23(19)12-18(29-19)7-9-21-10-8-18/h3-6,21H,2,7-13H2,1H3. The molecule has 30 heavy (non-hydrogen) atoms. The molecule has 0 aliphatic carbocycles. The van der Waals surface area contributed by atoms with Crippen LogP contribution in [0.2, 0.25) is 0 Å². The highest BCUT2D eigenvalue weighted by atomic mass is 79.9. The fraction of sp³-hybridized carbons (Fsp3) is 0.579. The van der Waals surface area contributed by atoms with Crippen molar-refractivity contribution in [1.82, 2.24) is 14.5 Å². The van der Waals surface area contributed by atoms with Crippen molar-refractivity contribution in [3.8, 4) is 0 Å². The van der Waals surface area contributed by atoms with Gasteiger partial charge in [0.25, 0.3) is 5.72 Å². The fourth-order valence-corrected chi connectivity index (χ4v) is 6.00. The van der Waals surface area contributed by atoms with Gasteiger partial charge < -0.3 is 14.8 Å². The molecule has 1 aromatic rings. The Morgan fingerprint density at radius 3 is 2.53 bits per heavy atom. The number of ether oxygens (including phenoxy) is 2. The van der Waals surface area contributed by atoms with E-state index in [4.69, 9.17) is 9.47 Å². The van der Waals surface area contributed by atoms with Gasteiger partial charge in [0.15, 0.2) is 0 Å². The topological polar surface area (TPSA) is 105 Å². The maximum absolute atomic E-state index is 13.2. The third kappa shape index (κ3) is 3.56. The molecule has 0 saturated carbocycles. The van der Waals surface area contributed by atoms with E-state index in [-0.39, 0.29) is 31.1 Å². The van der Waals surface area contributed by atoms with E-state index in [0.717, 1.165) is 8.78 Å². The van der Waals surface area contributed by atoms with E-state index in [1.54, 1.807) is 19.1 Å². The van der Waals surface area contributed by atoms with Crippen LogP contribution in [-0.4, -0.2) is 80.2 Å². The largest absolute Gasteiger partial charge is 0.462 e. The zero-order valence-corrected chi connectivity index (χ0v) is 19.0. The highest BCUT2D eigenvalue weighted by Crippen LogP contribution is 2.43. The van der Waals surface area contributed by atoms with Crippen molar-refractivity contribution in [3.05, 3.63) is 28.7 Å². The van der Waals surface area contributed by atoms with Crippen molar-refractivity contribution in [2.24, 2.45) is 0 Å². The molecule has 4 rings (SSSR count). The molecule has 164 valence electrons. The average molecular weight is 502 g/mol. The SMILES string of the molecule is CCOC(=O)C12CN(S(=O)(=O)c3ccc(Br)cc3)CC(=O)N1CC1(CCNCC1)O2. The van der Waals surface area contributed by atoms with E-state index >= 15 is 0 Å². The van der Waals surface area contributed by atoms with E-state index in [2.05, 4.69) is 21.2 Å². The van der Waals surface area contributed by atoms with Gasteiger partial charge in [0.2, 0.25) is 15.9 Å². The highest BCUT2D eigenvalue weighted by Gasteiger charge is 2.65. The Morgan fingerprint density at radius 2 is 1.90 bits per heavy atom. The number of piperidine rings is 1. The van der Waals surface area contributed by atoms with Gasteiger partial charge in [-0.25, -0.2) is 13.2 Å². The van der Waals surface area contributed by atoms with Gasteiger partial charge in [0, 0.05) is 4.47 Å². The molecule has 3 saturated heterocycles. The summed E-state index contributed by atoms with van der Waals surface area (Å²) in [6.45, 7) is 2.75. The van der Waals surface area contributed by atoms with E-state index < -0.39 is 33.2 Å². The number of hydrogen-bond donors (Lipinski definition) is 1. The smallest absolute Gasteiger partial charge is 0.361 e. The van der Waals surface area contributed by atoms with Crippen LogP contribution in [0.4, 0.5) is 0 Å². The van der Waals surface area contributed by atoms with Gasteiger partial charge >= 0.3 is 5.97 Å². The minimum Gasteiger partial charge on any atom is -0.462 e. The van der Waals surface area contributed by atoms with Gasteiger partial charge in [-0.3, -0.25) is 9.69 Å². The first-order chi connectivity index (χ1) is 14.2. The Labute approximate surface area is 183 Å². The molecule has 3 fully saturated rings. The van der Waals surface area contributed by atoms with Crippen LogP contribution in [0.3, 0.4) is 0 Å². The van der Waals surface area contributed by atoms with Crippen LogP contribution in [0.15, 0.2) is 33.6 Å². The lowest BCUT2D eigenvalue weighted by Gasteiger charge is -2.42. The molecule has 1 spiro atoms. The second-order valence-corrected chi connectivity index (χ2v) is 10.6. The number of esters is 1. The number of sulfonamides is 1. The molecule has 3 aliphatic heterocycles. The van der Waals surface area contributed by atoms with E-state index in [0.29, 0.717) is 25.9 Å². The molecular formula is C19H24BrN3O6S. The lowest BCUT2D eigenvalue weighted by Crippen LogP contribution is -2.67. The van der Waals surface area contributed by atoms with Gasteiger partial charge in [0.05, 0.1) is 36.7 Å². The fourth-order valence-electron chi connectivity index (χ4n) is 4.33. The molecule has 3 heterocycles. The summed E-state index contributed by atoms with van der Waals surface area (Å²) in [5, 5.41) is 3.24. The summed E-state index contributed by atoms with van der Waals surface area (Å²) in [5.41, 5.74) is -2.46. The molecule has 1 unspecified atom stereocenters. The molecule has 1 atom stereocenters. The molecule has 11 heteroatoms. The summed E-state index contributed by atoms with van der Waals surface area (Å²) in [6, 6.07) is 6.14. The molecule has 1 N–H and O–H groups in total. The number of nitrogens with one attached hydrogen (secondary N) is 1. The molecule has 3 aliphatic rings. The summed E-state index contributed by atoms with van der Waals surface area (Å²) >= 11 is 3.28. The van der Waals surface area contributed by atoms with Crippen LogP contribution in [-0.2, 0) is 29.1 Å². The lowest BCUT2D eigenvalue weighted by molar-refractivity contribution is -0.207. The summed E-state index contributed by atoms with van der Waals surface area (Å²) in [4.78, 5) is 27.5. The zero-order chi connectivity index (χ0) is 21.6. The molecule has 1 aromatic carbocycles. The second-order valence-electron chi connectivity index (χ2n) is 7.75. The van der Waals surface area contributed by atoms with E-state index in [1.165, 1.54) is 17.0 Å². The van der Waals surface area contributed by atoms with Gasteiger partial charge in [-0.05, 0) is 57.1 Å². The van der Waals surface area contributed by atoms with Crippen molar-refractivity contribution >= 4 is 37.8 Å². The zero-order valence-electron chi connectivity index (χ0n) is 16.6. The summed E-state index contributed by atoms with van der Waals surface area (Å²) < 4.78 is 39.8. The van der Waals surface area contributed by atoms with Crippen molar-refractivity contribution in [2.45, 2.75) is 36.0 Å². The van der Waals surface area contributed by atoms with Crippen LogP contribution in [0.5, 0.6) is 0 Å². The Morgan fingerprint density at radius 1 is 1.23 bits per heavy atom. The number of rotatable bonds is 4. The van der Waals surface area contributed by atoms with Crippen LogP contribution in [0.1, 0.15) is 19.8 Å². The number of carbonyl (C=O) groups excluding carboxylic acids is 2. The van der Waals surface area contributed by atoms with Gasteiger partial charge in [-0.1, -0.05) is 15.9 Å². The average Bonchev–Trinajstić information content (AvgIpc) is 3.04. The maximum Gasteiger partial charge on any atom is 0.361 e. The first-order valence-corrected chi connectivity index (χ1v) is 12.1. The number of halogens is 1. The van der Waals surface area contributed by atoms with Crippen molar-refractivity contribution < 1.29 is 27.5 Å². The van der Waals surface area contributed by atoms with Gasteiger partial charge in [-0.15, -0.1) is 0 Å². The van der Waals surface area contributed by atoms with Crippen molar-refractivity contribution in [3.63, 3.8) is 0 Å². The lowest BCUT2D eigenvalue weighted by atomic mass is 9.92. The Balaban J connectivity index is 1.72. The van der Waals surface area contributed by atoms with Crippen molar-refractivity contribution in [2.75, 3.05) is 39.3 Å². The number of piperazine rings is 1. The van der Waals surface area contributed by atoms with Gasteiger partial charge in [-0.2, -0.15) is 4.31 Å². The number of benzene rings is 1. The first kappa shape index (κ1) is 21.7. The molecular weight excluding hydrogens is 478 g/mol. The van der Waals surface area contributed by atoms with Crippen LogP contribution in [0, 0.1) is 0 Å². The van der Waals surface area contributed by atoms with Crippen LogP contribution < -0.4 is 5.32 Å². The monoisotopic (exact) mass is 501 g/mol. The normalized spacial score (nSPS) is 26.6. The van der Waals surface area contributed by atoms with Gasteiger partial charge in [0.1, 0.15) is 0 Å². The third-order valence-electron chi connectivity index (χ3n) is 5.83. The minimum absolute atomic E-state index is 0.0422. The predicted molar refractivity (Wildman–Crippen MR) is 110 cm³/mol. The molecule has 0 radical (unpaired) electrons. The minimum atomic E-state index is -4.01. The molecule has 1 amide bonds. The quantitative estimate of drug-likeness (QED) is 0.605. The third-order valence-corrected chi connectivity index (χ3v) is 8.17. The maximum atomic E-state index is 13.2. The number of carbonyl (C=O) groups is 2. The second kappa shape index (κ2) is 7.86. The van der Waals surface area contributed by atoms with E-state index in [1.807, 2.05) is 0 Å². The summed E-state index contributed by atoms with van der Waals surface area (Å²) in [6.07, 6.45) is 1.24. The summed E-state index contributed by atoms with van der Waals surface area (Å²) in [7, 11) is -4.01. The number of hydrogen-bond acceptors (Lipinski definition) is 7. The van der Waals surface area contributed by atoms with Crippen molar-refractivity contribution in [1.29, 1.82) is 0 Å². The number of amides is 1. The first-order valence-electron chi connectivity index (χ1n) is 9.87. The Bertz CT molecular complexity index is 948. The Hall–Kier alpha value is -1.53. The number of fused-ring (bicyclic) bond motifs is 1.